The molecular weight excluding hydrogens is 356 g/mol. The Morgan fingerprint density at radius 3 is 3.05 bits per heavy atom. The fourth-order valence-corrected chi connectivity index (χ4v) is 2.65. The second-order valence-corrected chi connectivity index (χ2v) is 5.81. The van der Waals surface area contributed by atoms with Gasteiger partial charge in [0.2, 0.25) is 0 Å². The van der Waals surface area contributed by atoms with E-state index in [0.29, 0.717) is 22.8 Å². The summed E-state index contributed by atoms with van der Waals surface area (Å²) in [5.41, 5.74) is 2.85. The van der Waals surface area contributed by atoms with Crippen molar-refractivity contribution < 1.29 is 14.6 Å². The van der Waals surface area contributed by atoms with E-state index in [9.17, 15) is 9.90 Å². The number of ether oxygens (including phenoxy) is 1. The molecule has 1 amide bonds. The summed E-state index contributed by atoms with van der Waals surface area (Å²) in [7, 11) is 0. The number of phenolic OH excluding ortho intramolecular Hbond substituents is 1. The zero-order valence-electron chi connectivity index (χ0n) is 11.2. The van der Waals surface area contributed by atoms with Crippen LogP contribution in [-0.2, 0) is 0 Å². The van der Waals surface area contributed by atoms with Crippen molar-refractivity contribution in [2.24, 2.45) is 5.10 Å². The molecule has 21 heavy (non-hydrogen) atoms. The molecule has 1 heterocycles. The Morgan fingerprint density at radius 2 is 2.38 bits per heavy atom. The van der Waals surface area contributed by atoms with E-state index in [0.717, 1.165) is 4.47 Å². The number of thiophene rings is 1. The molecule has 2 rings (SSSR count). The third-order valence-corrected chi connectivity index (χ3v) is 3.81. The summed E-state index contributed by atoms with van der Waals surface area (Å²) in [4.78, 5) is 12.3. The van der Waals surface area contributed by atoms with Crippen molar-refractivity contribution in [3.63, 3.8) is 0 Å². The zero-order chi connectivity index (χ0) is 15.2. The van der Waals surface area contributed by atoms with Crippen LogP contribution in [0.5, 0.6) is 11.5 Å². The summed E-state index contributed by atoms with van der Waals surface area (Å²) < 4.78 is 6.06. The minimum atomic E-state index is -0.291. The lowest BCUT2D eigenvalue weighted by Crippen LogP contribution is -2.16. The molecule has 0 spiro atoms. The van der Waals surface area contributed by atoms with Crippen molar-refractivity contribution in [3.05, 3.63) is 44.6 Å². The Hall–Kier alpha value is -1.86. The number of amides is 1. The second-order valence-electron chi connectivity index (χ2n) is 3.95. The number of carbonyl (C=O) groups is 1. The van der Waals surface area contributed by atoms with Gasteiger partial charge in [-0.1, -0.05) is 22.0 Å². The maximum absolute atomic E-state index is 11.7. The summed E-state index contributed by atoms with van der Waals surface area (Å²) in [5.74, 6) is 0.0489. The van der Waals surface area contributed by atoms with Gasteiger partial charge in [0.15, 0.2) is 11.5 Å². The maximum Gasteiger partial charge on any atom is 0.281 e. The highest BCUT2D eigenvalue weighted by Crippen LogP contribution is 2.32. The maximum atomic E-state index is 11.7. The van der Waals surface area contributed by atoms with E-state index in [1.165, 1.54) is 17.6 Å². The highest BCUT2D eigenvalue weighted by Gasteiger charge is 2.09. The lowest BCUT2D eigenvalue weighted by atomic mass is 10.2. The third-order valence-electron chi connectivity index (χ3n) is 2.48. The molecule has 1 aromatic heterocycles. The number of nitrogens with one attached hydrogen (secondary N) is 1. The second kappa shape index (κ2) is 7.24. The largest absolute Gasteiger partial charge is 0.504 e. The molecule has 0 unspecified atom stereocenters. The van der Waals surface area contributed by atoms with Gasteiger partial charge in [0.25, 0.3) is 5.91 Å². The summed E-state index contributed by atoms with van der Waals surface area (Å²) in [5, 5.41) is 15.7. The molecule has 7 heteroatoms. The van der Waals surface area contributed by atoms with Gasteiger partial charge >= 0.3 is 0 Å². The van der Waals surface area contributed by atoms with Crippen LogP contribution in [0.1, 0.15) is 22.2 Å². The average Bonchev–Trinajstić information content (AvgIpc) is 2.98. The molecular formula is C14H13BrN2O3S. The molecule has 0 atom stereocenters. The van der Waals surface area contributed by atoms with E-state index in [-0.39, 0.29) is 11.7 Å². The van der Waals surface area contributed by atoms with Gasteiger partial charge in [0.1, 0.15) is 0 Å². The molecule has 0 radical (unpaired) electrons. The number of halogens is 1. The van der Waals surface area contributed by atoms with Gasteiger partial charge in [-0.25, -0.2) is 5.43 Å². The van der Waals surface area contributed by atoms with Crippen LogP contribution in [0.4, 0.5) is 0 Å². The fourth-order valence-electron chi connectivity index (χ4n) is 1.58. The molecule has 0 fully saturated rings. The zero-order valence-corrected chi connectivity index (χ0v) is 13.6. The van der Waals surface area contributed by atoms with Gasteiger partial charge in [0.05, 0.1) is 17.7 Å². The van der Waals surface area contributed by atoms with Gasteiger partial charge in [0, 0.05) is 10.0 Å². The first kappa shape index (κ1) is 15.5. The number of hydrazone groups is 1. The molecule has 0 aliphatic heterocycles. The summed E-state index contributed by atoms with van der Waals surface area (Å²) in [6.07, 6.45) is 1.37. The quantitative estimate of drug-likeness (QED) is 0.627. The highest BCUT2D eigenvalue weighted by molar-refractivity contribution is 9.10. The number of hydrogen-bond donors (Lipinski definition) is 2. The molecule has 2 N–H and O–H groups in total. The van der Waals surface area contributed by atoms with Crippen molar-refractivity contribution >= 4 is 39.4 Å². The molecule has 0 saturated heterocycles. The number of carbonyl (C=O) groups excluding carboxylic acids is 1. The number of nitrogens with zero attached hydrogens (tertiary/aromatic N) is 1. The predicted molar refractivity (Wildman–Crippen MR) is 86.4 cm³/mol. The summed E-state index contributed by atoms with van der Waals surface area (Å²) in [6, 6.07) is 6.84. The van der Waals surface area contributed by atoms with Crippen molar-refractivity contribution in [1.29, 1.82) is 0 Å². The molecule has 5 nitrogen and oxygen atoms in total. The van der Waals surface area contributed by atoms with Crippen molar-refractivity contribution in [2.75, 3.05) is 6.61 Å². The lowest BCUT2D eigenvalue weighted by Gasteiger charge is -2.08. The molecule has 1 aromatic carbocycles. The van der Waals surface area contributed by atoms with Gasteiger partial charge in [-0.3, -0.25) is 4.79 Å². The Morgan fingerprint density at radius 1 is 1.57 bits per heavy atom. The van der Waals surface area contributed by atoms with Crippen LogP contribution in [0.15, 0.2) is 39.2 Å². The molecule has 110 valence electrons. The first-order valence-electron chi connectivity index (χ1n) is 6.14. The topological polar surface area (TPSA) is 70.9 Å². The smallest absolute Gasteiger partial charge is 0.281 e. The highest BCUT2D eigenvalue weighted by atomic mass is 79.9. The number of benzene rings is 1. The number of phenols is 1. The minimum absolute atomic E-state index is 0.0193. The van der Waals surface area contributed by atoms with Crippen LogP contribution in [0.2, 0.25) is 0 Å². The van der Waals surface area contributed by atoms with E-state index in [1.54, 1.807) is 24.3 Å². The van der Waals surface area contributed by atoms with Gasteiger partial charge in [-0.05, 0) is 30.5 Å². The summed E-state index contributed by atoms with van der Waals surface area (Å²) in [6.45, 7) is 2.27. The summed E-state index contributed by atoms with van der Waals surface area (Å²) >= 11 is 4.66. The van der Waals surface area contributed by atoms with Crippen LogP contribution in [-0.4, -0.2) is 23.8 Å². The van der Waals surface area contributed by atoms with E-state index >= 15 is 0 Å². The van der Waals surface area contributed by atoms with Crippen LogP contribution >= 0.6 is 27.3 Å². The SMILES string of the molecule is CCOc1cc(Br)cc(C=NNC(=O)c2cccs2)c1O. The van der Waals surface area contributed by atoms with Crippen molar-refractivity contribution in [2.45, 2.75) is 6.92 Å². The Labute approximate surface area is 134 Å². The van der Waals surface area contributed by atoms with Gasteiger partial charge in [-0.15, -0.1) is 11.3 Å². The first-order chi connectivity index (χ1) is 10.1. The van der Waals surface area contributed by atoms with Crippen LogP contribution in [0.25, 0.3) is 0 Å². The first-order valence-corrected chi connectivity index (χ1v) is 7.81. The van der Waals surface area contributed by atoms with E-state index in [4.69, 9.17) is 4.74 Å². The van der Waals surface area contributed by atoms with Crippen LogP contribution in [0.3, 0.4) is 0 Å². The van der Waals surface area contributed by atoms with Crippen LogP contribution < -0.4 is 10.2 Å². The Kier molecular flexibility index (Phi) is 5.35. The average molecular weight is 369 g/mol. The molecule has 2 aromatic rings. The van der Waals surface area contributed by atoms with E-state index in [1.807, 2.05) is 12.3 Å². The standard InChI is InChI=1S/C14H13BrN2O3S/c1-2-20-11-7-10(15)6-9(13(11)18)8-16-17-14(19)12-4-3-5-21-12/h3-8,18H,2H2,1H3,(H,17,19). The van der Waals surface area contributed by atoms with Crippen molar-refractivity contribution in [1.82, 2.24) is 5.43 Å². The minimum Gasteiger partial charge on any atom is -0.504 e. The third kappa shape index (κ3) is 4.05. The number of rotatable bonds is 5. The van der Waals surface area contributed by atoms with Crippen LogP contribution in [0, 0.1) is 0 Å². The van der Waals surface area contributed by atoms with E-state index in [2.05, 4.69) is 26.5 Å². The molecule has 0 aliphatic carbocycles. The lowest BCUT2D eigenvalue weighted by molar-refractivity contribution is 0.0959. The monoisotopic (exact) mass is 368 g/mol. The van der Waals surface area contributed by atoms with Gasteiger partial charge < -0.3 is 9.84 Å². The predicted octanol–water partition coefficient (Wildman–Crippen LogP) is 3.38. The van der Waals surface area contributed by atoms with Crippen molar-refractivity contribution in [3.8, 4) is 11.5 Å². The molecule has 0 saturated carbocycles. The Balaban J connectivity index is 2.12. The molecule has 0 bridgehead atoms. The van der Waals surface area contributed by atoms with Gasteiger partial charge in [-0.2, -0.15) is 5.10 Å². The normalized spacial score (nSPS) is 10.8. The fraction of sp³-hybridized carbons (Fsp3) is 0.143. The van der Waals surface area contributed by atoms with E-state index < -0.39 is 0 Å². The number of hydrogen-bond acceptors (Lipinski definition) is 5. The Bertz CT molecular complexity index is 656. The number of aromatic hydroxyl groups is 1. The molecule has 0 aliphatic rings.